The maximum atomic E-state index is 5.55. The van der Waals surface area contributed by atoms with Gasteiger partial charge in [-0.3, -0.25) is 0 Å². The second-order valence-electron chi connectivity index (χ2n) is 6.91. The Balaban J connectivity index is 1.64. The molecule has 1 saturated heterocycles. The van der Waals surface area contributed by atoms with E-state index in [2.05, 4.69) is 73.0 Å². The molecule has 2 aromatic carbocycles. The van der Waals surface area contributed by atoms with Gasteiger partial charge < -0.3 is 15.5 Å². The van der Waals surface area contributed by atoms with Gasteiger partial charge in [0.05, 0.1) is 19.6 Å². The van der Waals surface area contributed by atoms with Gasteiger partial charge in [0.1, 0.15) is 6.04 Å². The zero-order chi connectivity index (χ0) is 17.6. The predicted octanol–water partition coefficient (Wildman–Crippen LogP) is 3.01. The number of thiocarbonyl (C=S) groups is 1. The summed E-state index contributed by atoms with van der Waals surface area (Å²) in [6.45, 7) is 7.60. The Morgan fingerprint density at radius 3 is 2.48 bits per heavy atom. The number of quaternary nitrogens is 1. The Morgan fingerprint density at radius 1 is 1.04 bits per heavy atom. The topological polar surface area (TPSA) is 28.5 Å². The predicted molar refractivity (Wildman–Crippen MR) is 109 cm³/mol. The maximum absolute atomic E-state index is 5.55. The summed E-state index contributed by atoms with van der Waals surface area (Å²) in [5.41, 5.74) is 5.00. The van der Waals surface area contributed by atoms with E-state index >= 15 is 0 Å². The minimum Gasteiger partial charge on any atom is -0.356 e. The Morgan fingerprint density at radius 2 is 1.76 bits per heavy atom. The van der Waals surface area contributed by atoms with Crippen LogP contribution in [0.4, 0.5) is 5.69 Å². The van der Waals surface area contributed by atoms with Crippen LogP contribution in [-0.4, -0.2) is 24.7 Å². The summed E-state index contributed by atoms with van der Waals surface area (Å²) >= 11 is 5.55. The van der Waals surface area contributed by atoms with E-state index in [1.807, 2.05) is 0 Å². The molecule has 1 fully saturated rings. The van der Waals surface area contributed by atoms with E-state index in [-0.39, 0.29) is 0 Å². The van der Waals surface area contributed by atoms with Crippen LogP contribution in [0.5, 0.6) is 0 Å². The molecule has 4 heteroatoms. The van der Waals surface area contributed by atoms with Gasteiger partial charge in [0.2, 0.25) is 0 Å². The van der Waals surface area contributed by atoms with Crippen LogP contribution in [-0.2, 0) is 0 Å². The van der Waals surface area contributed by atoms with Gasteiger partial charge in [-0.25, -0.2) is 0 Å². The van der Waals surface area contributed by atoms with E-state index < -0.39 is 0 Å². The van der Waals surface area contributed by atoms with Crippen molar-refractivity contribution in [3.8, 4) is 0 Å². The Kier molecular flexibility index (Phi) is 6.05. The molecule has 0 amide bonds. The molecule has 3 rings (SSSR count). The molecule has 3 N–H and O–H groups in total. The number of benzene rings is 2. The fourth-order valence-electron chi connectivity index (χ4n) is 3.61. The highest BCUT2D eigenvalue weighted by Gasteiger charge is 2.27. The first-order valence-electron chi connectivity index (χ1n) is 9.16. The number of likely N-dealkylation sites (tertiary alicyclic amines) is 1. The molecular formula is C21H28N3S+. The number of rotatable bonds is 5. The molecule has 0 bridgehead atoms. The van der Waals surface area contributed by atoms with Crippen LogP contribution in [0.25, 0.3) is 0 Å². The van der Waals surface area contributed by atoms with Crippen molar-refractivity contribution in [1.82, 2.24) is 5.32 Å². The van der Waals surface area contributed by atoms with Crippen molar-refractivity contribution in [2.75, 3.05) is 25.0 Å². The van der Waals surface area contributed by atoms with Gasteiger partial charge >= 0.3 is 0 Å². The monoisotopic (exact) mass is 354 g/mol. The van der Waals surface area contributed by atoms with Gasteiger partial charge in [-0.05, 0) is 43.3 Å². The molecule has 0 aromatic heterocycles. The smallest absolute Gasteiger partial charge is 0.171 e. The lowest BCUT2D eigenvalue weighted by atomic mass is 10.1. The molecule has 1 aliphatic rings. The van der Waals surface area contributed by atoms with Crippen LogP contribution >= 0.6 is 12.2 Å². The quantitative estimate of drug-likeness (QED) is 0.721. The first-order chi connectivity index (χ1) is 12.1. The van der Waals surface area contributed by atoms with Crippen LogP contribution < -0.4 is 15.5 Å². The van der Waals surface area contributed by atoms with Crippen LogP contribution in [0.15, 0.2) is 48.5 Å². The Bertz CT molecular complexity index is 708. The van der Waals surface area contributed by atoms with Gasteiger partial charge in [-0.15, -0.1) is 0 Å². The lowest BCUT2D eigenvalue weighted by Gasteiger charge is -2.26. The molecule has 0 spiro atoms. The van der Waals surface area contributed by atoms with Gasteiger partial charge in [-0.2, -0.15) is 0 Å². The fourth-order valence-corrected chi connectivity index (χ4v) is 3.80. The number of hydrogen-bond acceptors (Lipinski definition) is 1. The van der Waals surface area contributed by atoms with Crippen molar-refractivity contribution in [2.24, 2.45) is 0 Å². The molecule has 3 nitrogen and oxygen atoms in total. The lowest BCUT2D eigenvalue weighted by Crippen LogP contribution is -3.11. The van der Waals surface area contributed by atoms with E-state index in [0.29, 0.717) is 11.2 Å². The van der Waals surface area contributed by atoms with Crippen LogP contribution in [0.2, 0.25) is 0 Å². The first kappa shape index (κ1) is 17.9. The average Bonchev–Trinajstić information content (AvgIpc) is 3.14. The maximum Gasteiger partial charge on any atom is 0.171 e. The first-order valence-corrected chi connectivity index (χ1v) is 9.56. The van der Waals surface area contributed by atoms with Crippen molar-refractivity contribution in [1.29, 1.82) is 0 Å². The third kappa shape index (κ3) is 4.59. The molecule has 1 aliphatic heterocycles. The third-order valence-corrected chi connectivity index (χ3v) is 5.51. The Hall–Kier alpha value is -1.91. The number of anilines is 1. The van der Waals surface area contributed by atoms with E-state index in [1.54, 1.807) is 4.90 Å². The second kappa shape index (κ2) is 8.45. The van der Waals surface area contributed by atoms with Crippen LogP contribution in [0, 0.1) is 13.8 Å². The molecule has 132 valence electrons. The van der Waals surface area contributed by atoms with Crippen molar-refractivity contribution in [3.05, 3.63) is 65.2 Å². The molecule has 0 saturated carbocycles. The highest BCUT2D eigenvalue weighted by molar-refractivity contribution is 7.80. The summed E-state index contributed by atoms with van der Waals surface area (Å²) in [5.74, 6) is 0. The summed E-state index contributed by atoms with van der Waals surface area (Å²) in [5, 5.41) is 7.51. The average molecular weight is 355 g/mol. The highest BCUT2D eigenvalue weighted by Crippen LogP contribution is 2.18. The summed E-state index contributed by atoms with van der Waals surface area (Å²) in [6, 6.07) is 17.5. The number of aryl methyl sites for hydroxylation is 1. The van der Waals surface area contributed by atoms with Crippen LogP contribution in [0.3, 0.4) is 0 Å². The molecule has 0 radical (unpaired) electrons. The zero-order valence-electron chi connectivity index (χ0n) is 15.1. The van der Waals surface area contributed by atoms with Crippen molar-refractivity contribution < 1.29 is 4.90 Å². The molecular weight excluding hydrogens is 326 g/mol. The molecule has 1 heterocycles. The summed E-state index contributed by atoms with van der Waals surface area (Å²) < 4.78 is 0. The molecule has 25 heavy (non-hydrogen) atoms. The van der Waals surface area contributed by atoms with Gasteiger partial charge in [0.25, 0.3) is 0 Å². The molecule has 1 atom stereocenters. The summed E-state index contributed by atoms with van der Waals surface area (Å²) in [7, 11) is 0. The summed E-state index contributed by atoms with van der Waals surface area (Å²) in [4.78, 5) is 1.66. The van der Waals surface area contributed by atoms with Crippen molar-refractivity contribution in [2.45, 2.75) is 32.7 Å². The minimum absolute atomic E-state index is 0.446. The highest BCUT2D eigenvalue weighted by atomic mass is 32.1. The van der Waals surface area contributed by atoms with E-state index in [1.165, 1.54) is 42.6 Å². The van der Waals surface area contributed by atoms with Crippen LogP contribution in [0.1, 0.15) is 35.6 Å². The van der Waals surface area contributed by atoms with Crippen molar-refractivity contribution >= 4 is 23.0 Å². The molecule has 0 unspecified atom stereocenters. The van der Waals surface area contributed by atoms with Gasteiger partial charge in [0.15, 0.2) is 5.11 Å². The fraction of sp³-hybridized carbons (Fsp3) is 0.381. The van der Waals surface area contributed by atoms with Gasteiger partial charge in [-0.1, -0.05) is 42.5 Å². The van der Waals surface area contributed by atoms with E-state index in [9.17, 15) is 0 Å². The van der Waals surface area contributed by atoms with E-state index in [0.717, 1.165) is 12.2 Å². The number of nitrogens with one attached hydrogen (secondary N) is 3. The summed E-state index contributed by atoms with van der Waals surface area (Å²) in [6.07, 6.45) is 2.65. The normalized spacial score (nSPS) is 15.8. The minimum atomic E-state index is 0.446. The van der Waals surface area contributed by atoms with Crippen molar-refractivity contribution in [3.63, 3.8) is 0 Å². The largest absolute Gasteiger partial charge is 0.356 e. The molecule has 0 aliphatic carbocycles. The molecule has 2 aromatic rings. The second-order valence-corrected chi connectivity index (χ2v) is 7.32. The Labute approximate surface area is 156 Å². The third-order valence-electron chi connectivity index (χ3n) is 5.26. The standard InChI is InChI=1S/C21H27N3S/c1-16-9-8-12-19(17(16)2)23-21(25)22-15-20(24-13-6-7-14-24)18-10-4-3-5-11-18/h3-5,8-12,20H,6-7,13-15H2,1-2H3,(H2,22,23,25)/p+1/t20-/m1/s1. The zero-order valence-corrected chi connectivity index (χ0v) is 16.0. The van der Waals surface area contributed by atoms with Gasteiger partial charge in [0, 0.05) is 24.1 Å². The SMILES string of the molecule is Cc1cccc(NC(=S)NC[C@H](c2ccccc2)[NH+]2CCCC2)c1C. The number of hydrogen-bond donors (Lipinski definition) is 3. The lowest BCUT2D eigenvalue weighted by molar-refractivity contribution is -0.918. The van der Waals surface area contributed by atoms with E-state index in [4.69, 9.17) is 12.2 Å².